The normalized spacial score (nSPS) is 11.8. The molecule has 1 atom stereocenters. The standard InChI is InChI=1S/C22H27ClN2O3/c1-16(2)13-24-22(27)17(3)25(14-18-7-5-4-6-8-18)21(26)15-28-20-11-9-19(23)10-12-20/h4-12,16-17H,13-15H2,1-3H3,(H,24,27)/t17-/m0/s1. The first-order valence-corrected chi connectivity index (χ1v) is 9.74. The van der Waals surface area contributed by atoms with E-state index in [1.54, 1.807) is 36.1 Å². The number of nitrogens with zero attached hydrogens (tertiary/aromatic N) is 1. The van der Waals surface area contributed by atoms with Gasteiger partial charge in [-0.3, -0.25) is 9.59 Å². The molecule has 0 aliphatic carbocycles. The van der Waals surface area contributed by atoms with E-state index in [1.165, 1.54) is 0 Å². The van der Waals surface area contributed by atoms with Crippen molar-refractivity contribution in [2.24, 2.45) is 5.92 Å². The fourth-order valence-electron chi connectivity index (χ4n) is 2.57. The minimum atomic E-state index is -0.611. The summed E-state index contributed by atoms with van der Waals surface area (Å²) in [7, 11) is 0. The fraction of sp³-hybridized carbons (Fsp3) is 0.364. The monoisotopic (exact) mass is 402 g/mol. The van der Waals surface area contributed by atoms with Gasteiger partial charge in [0.25, 0.3) is 5.91 Å². The Labute approximate surface area is 171 Å². The number of hydrogen-bond donors (Lipinski definition) is 1. The van der Waals surface area contributed by atoms with Gasteiger partial charge in [0, 0.05) is 18.1 Å². The van der Waals surface area contributed by atoms with Gasteiger partial charge < -0.3 is 15.0 Å². The second-order valence-electron chi connectivity index (χ2n) is 7.06. The Balaban J connectivity index is 2.08. The lowest BCUT2D eigenvalue weighted by Gasteiger charge is -2.29. The summed E-state index contributed by atoms with van der Waals surface area (Å²) < 4.78 is 5.59. The molecular weight excluding hydrogens is 376 g/mol. The Bertz CT molecular complexity index is 763. The first-order valence-electron chi connectivity index (χ1n) is 9.36. The van der Waals surface area contributed by atoms with E-state index in [9.17, 15) is 9.59 Å². The van der Waals surface area contributed by atoms with Gasteiger partial charge in [-0.2, -0.15) is 0 Å². The van der Waals surface area contributed by atoms with Gasteiger partial charge >= 0.3 is 0 Å². The second kappa shape index (κ2) is 10.7. The van der Waals surface area contributed by atoms with Crippen molar-refractivity contribution < 1.29 is 14.3 Å². The molecule has 0 fully saturated rings. The Hall–Kier alpha value is -2.53. The predicted octanol–water partition coefficient (Wildman–Crippen LogP) is 3.91. The van der Waals surface area contributed by atoms with Crippen molar-refractivity contribution in [2.75, 3.05) is 13.2 Å². The maximum Gasteiger partial charge on any atom is 0.261 e. The zero-order valence-corrected chi connectivity index (χ0v) is 17.3. The zero-order valence-electron chi connectivity index (χ0n) is 16.5. The molecule has 0 heterocycles. The van der Waals surface area contributed by atoms with Crippen LogP contribution in [0.4, 0.5) is 0 Å². The van der Waals surface area contributed by atoms with E-state index in [0.717, 1.165) is 5.56 Å². The quantitative estimate of drug-likeness (QED) is 0.691. The van der Waals surface area contributed by atoms with Gasteiger partial charge in [-0.05, 0) is 42.7 Å². The van der Waals surface area contributed by atoms with E-state index in [2.05, 4.69) is 5.32 Å². The maximum atomic E-state index is 12.9. The van der Waals surface area contributed by atoms with Crippen LogP contribution in [0.25, 0.3) is 0 Å². The van der Waals surface area contributed by atoms with E-state index >= 15 is 0 Å². The highest BCUT2D eigenvalue weighted by atomic mass is 35.5. The molecule has 0 saturated carbocycles. The van der Waals surface area contributed by atoms with Crippen molar-refractivity contribution in [1.82, 2.24) is 10.2 Å². The fourth-order valence-corrected chi connectivity index (χ4v) is 2.70. The smallest absolute Gasteiger partial charge is 0.261 e. The summed E-state index contributed by atoms with van der Waals surface area (Å²) in [6, 6.07) is 15.8. The van der Waals surface area contributed by atoms with Gasteiger partial charge in [-0.25, -0.2) is 0 Å². The minimum absolute atomic E-state index is 0.156. The third-order valence-corrected chi connectivity index (χ3v) is 4.48. The predicted molar refractivity (Wildman–Crippen MR) is 111 cm³/mol. The number of hydrogen-bond acceptors (Lipinski definition) is 3. The lowest BCUT2D eigenvalue weighted by Crippen LogP contribution is -2.49. The van der Waals surface area contributed by atoms with Gasteiger partial charge in [0.2, 0.25) is 5.91 Å². The Morgan fingerprint density at radius 1 is 1.04 bits per heavy atom. The van der Waals surface area contributed by atoms with Crippen molar-refractivity contribution >= 4 is 23.4 Å². The Morgan fingerprint density at radius 3 is 2.29 bits per heavy atom. The Kier molecular flexibility index (Phi) is 8.33. The van der Waals surface area contributed by atoms with Crippen molar-refractivity contribution in [3.8, 4) is 5.75 Å². The first-order chi connectivity index (χ1) is 13.4. The van der Waals surface area contributed by atoms with Crippen molar-refractivity contribution in [1.29, 1.82) is 0 Å². The molecule has 2 amide bonds. The van der Waals surface area contributed by atoms with Gasteiger partial charge in [-0.1, -0.05) is 55.8 Å². The molecule has 0 aliphatic heterocycles. The molecule has 0 radical (unpaired) electrons. The molecule has 0 saturated heterocycles. The van der Waals surface area contributed by atoms with Crippen molar-refractivity contribution in [3.63, 3.8) is 0 Å². The number of carbonyl (C=O) groups excluding carboxylic acids is 2. The van der Waals surface area contributed by atoms with Gasteiger partial charge in [-0.15, -0.1) is 0 Å². The summed E-state index contributed by atoms with van der Waals surface area (Å²) in [6.45, 7) is 6.53. The summed E-state index contributed by atoms with van der Waals surface area (Å²) in [5.74, 6) is 0.451. The highest BCUT2D eigenvalue weighted by molar-refractivity contribution is 6.30. The number of rotatable bonds is 9. The third-order valence-electron chi connectivity index (χ3n) is 4.22. The molecule has 6 heteroatoms. The number of carbonyl (C=O) groups is 2. The molecule has 0 bridgehead atoms. The number of ether oxygens (including phenoxy) is 1. The average Bonchev–Trinajstić information content (AvgIpc) is 2.69. The van der Waals surface area contributed by atoms with Gasteiger partial charge in [0.1, 0.15) is 11.8 Å². The van der Waals surface area contributed by atoms with E-state index in [1.807, 2.05) is 44.2 Å². The summed E-state index contributed by atoms with van der Waals surface area (Å²) in [5.41, 5.74) is 0.950. The van der Waals surface area contributed by atoms with Crippen LogP contribution >= 0.6 is 11.6 Å². The third kappa shape index (κ3) is 6.89. The molecule has 0 spiro atoms. The second-order valence-corrected chi connectivity index (χ2v) is 7.50. The highest BCUT2D eigenvalue weighted by Crippen LogP contribution is 2.16. The number of benzene rings is 2. The Morgan fingerprint density at radius 2 is 1.68 bits per heavy atom. The van der Waals surface area contributed by atoms with Crippen LogP contribution in [-0.2, 0) is 16.1 Å². The van der Waals surface area contributed by atoms with E-state index < -0.39 is 6.04 Å². The van der Waals surface area contributed by atoms with Gasteiger partial charge in [0.05, 0.1) is 0 Å². The summed E-state index contributed by atoms with van der Waals surface area (Å²) in [6.07, 6.45) is 0. The number of halogens is 1. The lowest BCUT2D eigenvalue weighted by molar-refractivity contribution is -0.142. The molecule has 2 rings (SSSR count). The van der Waals surface area contributed by atoms with Crippen LogP contribution in [0.1, 0.15) is 26.3 Å². The summed E-state index contributed by atoms with van der Waals surface area (Å²) in [4.78, 5) is 26.9. The van der Waals surface area contributed by atoms with Crippen LogP contribution in [0.2, 0.25) is 5.02 Å². The molecular formula is C22H27ClN2O3. The van der Waals surface area contributed by atoms with E-state index in [4.69, 9.17) is 16.3 Å². The molecule has 2 aromatic carbocycles. The highest BCUT2D eigenvalue weighted by Gasteiger charge is 2.26. The van der Waals surface area contributed by atoms with Crippen LogP contribution in [0.15, 0.2) is 54.6 Å². The molecule has 0 aromatic heterocycles. The maximum absolute atomic E-state index is 12.9. The van der Waals surface area contributed by atoms with Crippen LogP contribution in [0, 0.1) is 5.92 Å². The van der Waals surface area contributed by atoms with Crippen LogP contribution < -0.4 is 10.1 Å². The molecule has 0 aliphatic rings. The molecule has 28 heavy (non-hydrogen) atoms. The zero-order chi connectivity index (χ0) is 20.5. The largest absolute Gasteiger partial charge is 0.484 e. The van der Waals surface area contributed by atoms with Crippen molar-refractivity contribution in [3.05, 3.63) is 65.2 Å². The summed E-state index contributed by atoms with van der Waals surface area (Å²) >= 11 is 5.87. The molecule has 150 valence electrons. The SMILES string of the molecule is CC(C)CNC(=O)[C@H](C)N(Cc1ccccc1)C(=O)COc1ccc(Cl)cc1. The van der Waals surface area contributed by atoms with Crippen molar-refractivity contribution in [2.45, 2.75) is 33.4 Å². The molecule has 5 nitrogen and oxygen atoms in total. The molecule has 0 unspecified atom stereocenters. The van der Waals surface area contributed by atoms with Crippen LogP contribution in [-0.4, -0.2) is 35.9 Å². The number of amides is 2. The molecule has 1 N–H and O–H groups in total. The topological polar surface area (TPSA) is 58.6 Å². The van der Waals surface area contributed by atoms with Crippen LogP contribution in [0.5, 0.6) is 5.75 Å². The average molecular weight is 403 g/mol. The summed E-state index contributed by atoms with van der Waals surface area (Å²) in [5, 5.41) is 3.49. The van der Waals surface area contributed by atoms with E-state index in [-0.39, 0.29) is 18.4 Å². The minimum Gasteiger partial charge on any atom is -0.484 e. The molecule has 2 aromatic rings. The lowest BCUT2D eigenvalue weighted by atomic mass is 10.1. The van der Waals surface area contributed by atoms with E-state index in [0.29, 0.717) is 29.8 Å². The number of nitrogens with one attached hydrogen (secondary N) is 1. The first kappa shape index (κ1) is 21.8. The van der Waals surface area contributed by atoms with Crippen LogP contribution in [0.3, 0.4) is 0 Å². The van der Waals surface area contributed by atoms with Gasteiger partial charge in [0.15, 0.2) is 6.61 Å².